The van der Waals surface area contributed by atoms with E-state index in [2.05, 4.69) is 30.4 Å². The van der Waals surface area contributed by atoms with Crippen molar-refractivity contribution in [2.24, 2.45) is 5.92 Å². The number of nitrogens with zero attached hydrogens (tertiary/aromatic N) is 1. The largest absolute Gasteiger partial charge is 0.489 e. The third-order valence-electron chi connectivity index (χ3n) is 4.72. The van der Waals surface area contributed by atoms with Crippen LogP contribution >= 0.6 is 0 Å². The minimum absolute atomic E-state index is 0.381. The highest BCUT2D eigenvalue weighted by Crippen LogP contribution is 2.20. The Morgan fingerprint density at radius 3 is 2.88 bits per heavy atom. The maximum Gasteiger partial charge on any atom is 0.120 e. The van der Waals surface area contributed by atoms with E-state index in [-0.39, 0.29) is 0 Å². The van der Waals surface area contributed by atoms with Crippen molar-refractivity contribution >= 4 is 0 Å². The first-order chi connectivity index (χ1) is 12.7. The summed E-state index contributed by atoms with van der Waals surface area (Å²) in [5, 5.41) is 12.5. The molecule has 2 aromatic carbocycles. The number of hydrogen-bond acceptors (Lipinski definition) is 4. The van der Waals surface area contributed by atoms with Gasteiger partial charge in [-0.1, -0.05) is 24.3 Å². The smallest absolute Gasteiger partial charge is 0.120 e. The molecule has 0 aromatic heterocycles. The minimum Gasteiger partial charge on any atom is -0.489 e. The van der Waals surface area contributed by atoms with E-state index >= 15 is 0 Å². The van der Waals surface area contributed by atoms with Gasteiger partial charge in [-0.25, -0.2) is 0 Å². The summed E-state index contributed by atoms with van der Waals surface area (Å²) < 4.78 is 11.5. The zero-order valence-electron chi connectivity index (χ0n) is 15.3. The van der Waals surface area contributed by atoms with Gasteiger partial charge in [0.25, 0.3) is 0 Å². The first-order valence-corrected chi connectivity index (χ1v) is 9.26. The van der Waals surface area contributed by atoms with Gasteiger partial charge in [0.15, 0.2) is 0 Å². The second-order valence-corrected chi connectivity index (χ2v) is 6.95. The Labute approximate surface area is 155 Å². The SMILES string of the molecule is C[C@H]1C[C@H](CNCc2cccc(OCc3cccc(C#N)c3)c2)CCO1. The van der Waals surface area contributed by atoms with Crippen LogP contribution in [0.15, 0.2) is 48.5 Å². The zero-order valence-corrected chi connectivity index (χ0v) is 15.3. The fraction of sp³-hybridized carbons (Fsp3) is 0.409. The molecule has 1 fully saturated rings. The summed E-state index contributed by atoms with van der Waals surface area (Å²) in [5.41, 5.74) is 2.88. The summed E-state index contributed by atoms with van der Waals surface area (Å²) in [4.78, 5) is 0. The Balaban J connectivity index is 1.47. The zero-order chi connectivity index (χ0) is 18.2. The molecule has 0 spiro atoms. The normalized spacial score (nSPS) is 19.7. The molecule has 0 unspecified atom stereocenters. The lowest BCUT2D eigenvalue weighted by Gasteiger charge is -2.27. The molecular weight excluding hydrogens is 324 g/mol. The maximum atomic E-state index is 8.97. The van der Waals surface area contributed by atoms with Gasteiger partial charge >= 0.3 is 0 Å². The molecule has 0 amide bonds. The predicted octanol–water partition coefficient (Wildman–Crippen LogP) is 4.04. The molecular formula is C22H26N2O2. The van der Waals surface area contributed by atoms with E-state index in [1.165, 1.54) is 5.56 Å². The lowest BCUT2D eigenvalue weighted by Crippen LogP contribution is -2.30. The van der Waals surface area contributed by atoms with E-state index in [9.17, 15) is 0 Å². The van der Waals surface area contributed by atoms with Gasteiger partial charge in [0.1, 0.15) is 12.4 Å². The molecule has 26 heavy (non-hydrogen) atoms. The molecule has 1 aliphatic rings. The van der Waals surface area contributed by atoms with Crippen molar-refractivity contribution < 1.29 is 9.47 Å². The second-order valence-electron chi connectivity index (χ2n) is 6.95. The molecule has 0 bridgehead atoms. The molecule has 1 N–H and O–H groups in total. The number of nitriles is 1. The highest BCUT2D eigenvalue weighted by Gasteiger charge is 2.18. The highest BCUT2D eigenvalue weighted by atomic mass is 16.5. The first kappa shape index (κ1) is 18.4. The van der Waals surface area contributed by atoms with Crippen LogP contribution in [0.2, 0.25) is 0 Å². The van der Waals surface area contributed by atoms with Gasteiger partial charge in [-0.05, 0) is 67.6 Å². The average Bonchev–Trinajstić information content (AvgIpc) is 2.67. The third kappa shape index (κ3) is 5.59. The molecule has 1 aliphatic heterocycles. The van der Waals surface area contributed by atoms with Crippen molar-refractivity contribution in [2.75, 3.05) is 13.2 Å². The third-order valence-corrected chi connectivity index (χ3v) is 4.72. The summed E-state index contributed by atoms with van der Waals surface area (Å²) in [5.74, 6) is 1.55. The van der Waals surface area contributed by atoms with Crippen LogP contribution in [0.5, 0.6) is 5.75 Å². The first-order valence-electron chi connectivity index (χ1n) is 9.26. The lowest BCUT2D eigenvalue weighted by molar-refractivity contribution is 0.00289. The standard InChI is InChI=1S/C22H26N2O2/c1-17-10-20(8-9-25-17)15-24-14-19-5-3-7-22(12-19)26-16-21-6-2-4-18(11-21)13-23/h2-7,11-12,17,20,24H,8-10,14-16H2,1H3/t17-,20+/m0/s1. The van der Waals surface area contributed by atoms with Gasteiger partial charge in [0.05, 0.1) is 17.7 Å². The van der Waals surface area contributed by atoms with Crippen molar-refractivity contribution in [3.05, 3.63) is 65.2 Å². The van der Waals surface area contributed by atoms with Crippen LogP contribution in [0, 0.1) is 17.2 Å². The van der Waals surface area contributed by atoms with E-state index in [0.29, 0.717) is 24.2 Å². The summed E-state index contributed by atoms with van der Waals surface area (Å²) in [6, 6.07) is 17.9. The molecule has 136 valence electrons. The Kier molecular flexibility index (Phi) is 6.65. The summed E-state index contributed by atoms with van der Waals surface area (Å²) in [6.45, 7) is 5.36. The summed E-state index contributed by atoms with van der Waals surface area (Å²) >= 11 is 0. The number of nitrogens with one attached hydrogen (secondary N) is 1. The topological polar surface area (TPSA) is 54.3 Å². The molecule has 3 rings (SSSR count). The second kappa shape index (κ2) is 9.38. The van der Waals surface area contributed by atoms with Crippen molar-refractivity contribution in [2.45, 2.75) is 39.0 Å². The van der Waals surface area contributed by atoms with E-state index in [1.54, 1.807) is 6.07 Å². The van der Waals surface area contributed by atoms with Crippen molar-refractivity contribution in [1.82, 2.24) is 5.32 Å². The van der Waals surface area contributed by atoms with Gasteiger partial charge in [-0.2, -0.15) is 5.26 Å². The minimum atomic E-state index is 0.381. The number of rotatable bonds is 7. The molecule has 0 aliphatic carbocycles. The van der Waals surface area contributed by atoms with E-state index in [4.69, 9.17) is 14.7 Å². The molecule has 1 saturated heterocycles. The van der Waals surface area contributed by atoms with Gasteiger partial charge in [0, 0.05) is 13.2 Å². The summed E-state index contributed by atoms with van der Waals surface area (Å²) in [7, 11) is 0. The Morgan fingerprint density at radius 1 is 1.19 bits per heavy atom. The lowest BCUT2D eigenvalue weighted by atomic mass is 9.96. The molecule has 4 heteroatoms. The fourth-order valence-electron chi connectivity index (χ4n) is 3.34. The van der Waals surface area contributed by atoms with Crippen molar-refractivity contribution in [3.8, 4) is 11.8 Å². The molecule has 2 atom stereocenters. The van der Waals surface area contributed by atoms with E-state index in [0.717, 1.165) is 43.9 Å². The van der Waals surface area contributed by atoms with E-state index < -0.39 is 0 Å². The average molecular weight is 350 g/mol. The van der Waals surface area contributed by atoms with Crippen molar-refractivity contribution in [1.29, 1.82) is 5.26 Å². The van der Waals surface area contributed by atoms with Gasteiger partial charge in [0.2, 0.25) is 0 Å². The molecule has 1 heterocycles. The van der Waals surface area contributed by atoms with Crippen LogP contribution in [-0.2, 0) is 17.9 Å². The Hall–Kier alpha value is -2.35. The Morgan fingerprint density at radius 2 is 2.04 bits per heavy atom. The van der Waals surface area contributed by atoms with E-state index in [1.807, 2.05) is 30.3 Å². The maximum absolute atomic E-state index is 8.97. The molecule has 0 saturated carbocycles. The summed E-state index contributed by atoms with van der Waals surface area (Å²) in [6.07, 6.45) is 2.66. The fourth-order valence-corrected chi connectivity index (χ4v) is 3.34. The molecule has 0 radical (unpaired) electrons. The van der Waals surface area contributed by atoms with Gasteiger partial charge < -0.3 is 14.8 Å². The van der Waals surface area contributed by atoms with Crippen molar-refractivity contribution in [3.63, 3.8) is 0 Å². The predicted molar refractivity (Wildman–Crippen MR) is 102 cm³/mol. The molecule has 2 aromatic rings. The number of benzene rings is 2. The van der Waals surface area contributed by atoms with Gasteiger partial charge in [-0.15, -0.1) is 0 Å². The van der Waals surface area contributed by atoms with Crippen LogP contribution in [0.25, 0.3) is 0 Å². The van der Waals surface area contributed by atoms with Crippen LogP contribution in [0.3, 0.4) is 0 Å². The number of ether oxygens (including phenoxy) is 2. The highest BCUT2D eigenvalue weighted by molar-refractivity contribution is 5.33. The Bertz CT molecular complexity index is 754. The van der Waals surface area contributed by atoms with Crippen LogP contribution in [-0.4, -0.2) is 19.3 Å². The van der Waals surface area contributed by atoms with Crippen LogP contribution in [0.1, 0.15) is 36.5 Å². The van der Waals surface area contributed by atoms with Crippen LogP contribution in [0.4, 0.5) is 0 Å². The quantitative estimate of drug-likeness (QED) is 0.819. The van der Waals surface area contributed by atoms with Gasteiger partial charge in [-0.3, -0.25) is 0 Å². The number of hydrogen-bond donors (Lipinski definition) is 1. The molecule has 4 nitrogen and oxygen atoms in total. The monoisotopic (exact) mass is 350 g/mol. The van der Waals surface area contributed by atoms with Crippen LogP contribution < -0.4 is 10.1 Å².